The molecule has 1 saturated heterocycles. The number of carbonyl (C=O) groups excluding carboxylic acids is 4. The van der Waals surface area contributed by atoms with Crippen LogP contribution in [0.25, 0.3) is 0 Å². The number of carboxylic acids is 2. The van der Waals surface area contributed by atoms with Crippen molar-refractivity contribution in [3.8, 4) is 0 Å². The molecule has 0 bridgehead atoms. The number of aromatic nitrogens is 2. The zero-order chi connectivity index (χ0) is 26.8. The van der Waals surface area contributed by atoms with Crippen LogP contribution in [0.2, 0.25) is 0 Å². The molecule has 9 N–H and O–H groups in total. The Morgan fingerprint density at radius 1 is 1.11 bits per heavy atom. The number of amides is 4. The number of hydrogen-bond donors (Lipinski definition) is 7. The first kappa shape index (κ1) is 28.2. The molecule has 1 aromatic rings. The SMILES string of the molecule is NC(=O)CCC(NC(=O)C1CCCN1C(=O)C(N)CCC(=O)O)C(=O)NC(Cc1cnc[nH]1)C(=O)O. The maximum atomic E-state index is 13.0. The monoisotopic (exact) mass is 509 g/mol. The van der Waals surface area contributed by atoms with Gasteiger partial charge in [0.15, 0.2) is 0 Å². The Bertz CT molecular complexity index is 967. The molecule has 15 nitrogen and oxygen atoms in total. The fraction of sp³-hybridized carbons (Fsp3) is 0.571. The van der Waals surface area contributed by atoms with E-state index in [1.54, 1.807) is 0 Å². The van der Waals surface area contributed by atoms with Crippen LogP contribution in [0.5, 0.6) is 0 Å². The molecule has 0 aliphatic carbocycles. The molecule has 1 fully saturated rings. The van der Waals surface area contributed by atoms with E-state index in [9.17, 15) is 33.9 Å². The van der Waals surface area contributed by atoms with Gasteiger partial charge in [0.25, 0.3) is 0 Å². The van der Waals surface area contributed by atoms with E-state index in [1.165, 1.54) is 17.4 Å². The first-order valence-electron chi connectivity index (χ1n) is 11.4. The van der Waals surface area contributed by atoms with Gasteiger partial charge in [0.05, 0.1) is 12.4 Å². The first-order valence-corrected chi connectivity index (χ1v) is 11.4. The number of likely N-dealkylation sites (tertiary alicyclic amines) is 1. The van der Waals surface area contributed by atoms with Crippen LogP contribution in [0, 0.1) is 0 Å². The van der Waals surface area contributed by atoms with E-state index >= 15 is 0 Å². The smallest absolute Gasteiger partial charge is 0.326 e. The summed E-state index contributed by atoms with van der Waals surface area (Å²) in [5.74, 6) is -5.26. The molecule has 0 aromatic carbocycles. The van der Waals surface area contributed by atoms with Crippen LogP contribution < -0.4 is 22.1 Å². The van der Waals surface area contributed by atoms with Gasteiger partial charge in [-0.25, -0.2) is 9.78 Å². The quantitative estimate of drug-likeness (QED) is 0.138. The zero-order valence-electron chi connectivity index (χ0n) is 19.5. The minimum absolute atomic E-state index is 0.101. The molecule has 36 heavy (non-hydrogen) atoms. The molecule has 0 saturated carbocycles. The van der Waals surface area contributed by atoms with Gasteiger partial charge in [0.2, 0.25) is 23.6 Å². The fourth-order valence-electron chi connectivity index (χ4n) is 3.83. The second-order valence-electron chi connectivity index (χ2n) is 8.48. The molecular formula is C21H31N7O8. The van der Waals surface area contributed by atoms with Crippen LogP contribution >= 0.6 is 0 Å². The van der Waals surface area contributed by atoms with E-state index in [0.29, 0.717) is 12.1 Å². The standard InChI is InChI=1S/C21H31N7O8/c22-12(3-6-17(30)31)20(34)28-7-1-2-15(28)19(33)26-13(4-5-16(23)29)18(32)27-14(21(35)36)8-11-9-24-10-25-11/h9-10,12-15H,1-8,22H2,(H2,23,29)(H,24,25)(H,26,33)(H,27,32)(H,30,31)(H,35,36). The Kier molecular flexibility index (Phi) is 10.3. The van der Waals surface area contributed by atoms with Crippen molar-refractivity contribution in [2.45, 2.75) is 69.1 Å². The van der Waals surface area contributed by atoms with Gasteiger partial charge in [-0.05, 0) is 25.7 Å². The molecule has 2 heterocycles. The molecule has 1 aromatic heterocycles. The van der Waals surface area contributed by atoms with Gasteiger partial charge in [-0.1, -0.05) is 0 Å². The number of aliphatic carboxylic acids is 2. The number of nitrogens with one attached hydrogen (secondary N) is 3. The highest BCUT2D eigenvalue weighted by Gasteiger charge is 2.38. The van der Waals surface area contributed by atoms with Crippen molar-refractivity contribution in [3.05, 3.63) is 18.2 Å². The third kappa shape index (κ3) is 8.33. The van der Waals surface area contributed by atoms with E-state index in [1.807, 2.05) is 0 Å². The van der Waals surface area contributed by atoms with Crippen molar-refractivity contribution >= 4 is 35.6 Å². The van der Waals surface area contributed by atoms with E-state index in [0.717, 1.165) is 0 Å². The summed E-state index contributed by atoms with van der Waals surface area (Å²) in [6, 6.07) is -4.71. The summed E-state index contributed by atoms with van der Waals surface area (Å²) in [7, 11) is 0. The third-order valence-electron chi connectivity index (χ3n) is 5.73. The Morgan fingerprint density at radius 2 is 1.83 bits per heavy atom. The van der Waals surface area contributed by atoms with Gasteiger partial charge in [0.1, 0.15) is 18.1 Å². The lowest BCUT2D eigenvalue weighted by atomic mass is 10.1. The van der Waals surface area contributed by atoms with Gasteiger partial charge in [0, 0.05) is 37.7 Å². The molecule has 4 unspecified atom stereocenters. The number of H-pyrrole nitrogens is 1. The van der Waals surface area contributed by atoms with Gasteiger partial charge in [-0.15, -0.1) is 0 Å². The number of rotatable bonds is 14. The second-order valence-corrected chi connectivity index (χ2v) is 8.48. The van der Waals surface area contributed by atoms with Gasteiger partial charge in [-0.3, -0.25) is 24.0 Å². The highest BCUT2D eigenvalue weighted by atomic mass is 16.4. The van der Waals surface area contributed by atoms with Crippen LogP contribution in [-0.4, -0.2) is 91.4 Å². The maximum Gasteiger partial charge on any atom is 0.326 e. The molecule has 1 aliphatic rings. The van der Waals surface area contributed by atoms with Crippen LogP contribution in [0.1, 0.15) is 44.2 Å². The summed E-state index contributed by atoms with van der Waals surface area (Å²) < 4.78 is 0. The molecule has 0 spiro atoms. The van der Waals surface area contributed by atoms with Crippen LogP contribution in [0.15, 0.2) is 12.5 Å². The molecule has 4 amide bonds. The number of aromatic amines is 1. The fourth-order valence-corrected chi connectivity index (χ4v) is 3.83. The number of carboxylic acid groups (broad SMARTS) is 2. The van der Waals surface area contributed by atoms with E-state index < -0.39 is 59.7 Å². The number of nitrogens with two attached hydrogens (primary N) is 2. The Morgan fingerprint density at radius 3 is 2.42 bits per heavy atom. The Labute approximate surface area is 206 Å². The normalized spacial score (nSPS) is 17.6. The molecule has 4 atom stereocenters. The zero-order valence-corrected chi connectivity index (χ0v) is 19.5. The topological polar surface area (TPSA) is 251 Å². The van der Waals surface area contributed by atoms with Crippen LogP contribution in [0.4, 0.5) is 0 Å². The molecule has 1 aliphatic heterocycles. The summed E-state index contributed by atoms with van der Waals surface area (Å²) in [5, 5.41) is 23.1. The summed E-state index contributed by atoms with van der Waals surface area (Å²) in [5.41, 5.74) is 11.5. The summed E-state index contributed by atoms with van der Waals surface area (Å²) >= 11 is 0. The number of carbonyl (C=O) groups is 6. The Balaban J connectivity index is 2.09. The van der Waals surface area contributed by atoms with Crippen molar-refractivity contribution in [1.82, 2.24) is 25.5 Å². The number of imidazole rings is 1. The van der Waals surface area contributed by atoms with E-state index in [-0.39, 0.29) is 45.1 Å². The van der Waals surface area contributed by atoms with Crippen molar-refractivity contribution in [2.75, 3.05) is 6.54 Å². The predicted molar refractivity (Wildman–Crippen MR) is 122 cm³/mol. The van der Waals surface area contributed by atoms with Crippen LogP contribution in [-0.2, 0) is 35.2 Å². The lowest BCUT2D eigenvalue weighted by molar-refractivity contribution is -0.143. The third-order valence-corrected chi connectivity index (χ3v) is 5.73. The van der Waals surface area contributed by atoms with Crippen molar-refractivity contribution in [2.24, 2.45) is 11.5 Å². The molecular weight excluding hydrogens is 478 g/mol. The van der Waals surface area contributed by atoms with E-state index in [4.69, 9.17) is 16.6 Å². The molecule has 2 rings (SSSR count). The lowest BCUT2D eigenvalue weighted by Crippen LogP contribution is -2.57. The molecule has 0 radical (unpaired) electrons. The number of primary amides is 1. The second kappa shape index (κ2) is 13.2. The van der Waals surface area contributed by atoms with Crippen molar-refractivity contribution < 1.29 is 39.0 Å². The predicted octanol–water partition coefficient (Wildman–Crippen LogP) is -2.54. The highest BCUT2D eigenvalue weighted by Crippen LogP contribution is 2.19. The summed E-state index contributed by atoms with van der Waals surface area (Å²) in [6.07, 6.45) is 2.56. The maximum absolute atomic E-state index is 13.0. The summed E-state index contributed by atoms with van der Waals surface area (Å²) in [4.78, 5) is 80.1. The van der Waals surface area contributed by atoms with Crippen molar-refractivity contribution in [1.29, 1.82) is 0 Å². The highest BCUT2D eigenvalue weighted by molar-refractivity contribution is 5.94. The van der Waals surface area contributed by atoms with Gasteiger partial charge >= 0.3 is 11.9 Å². The number of nitrogens with zero attached hydrogens (tertiary/aromatic N) is 2. The van der Waals surface area contributed by atoms with Gasteiger partial charge < -0.3 is 42.2 Å². The average Bonchev–Trinajstić information content (AvgIpc) is 3.51. The van der Waals surface area contributed by atoms with Crippen molar-refractivity contribution in [3.63, 3.8) is 0 Å². The largest absolute Gasteiger partial charge is 0.481 e. The molecule has 198 valence electrons. The Hall–Kier alpha value is -4.01. The minimum atomic E-state index is -1.34. The summed E-state index contributed by atoms with van der Waals surface area (Å²) in [6.45, 7) is 0.223. The average molecular weight is 510 g/mol. The first-order chi connectivity index (χ1) is 17.0. The minimum Gasteiger partial charge on any atom is -0.481 e. The lowest BCUT2D eigenvalue weighted by Gasteiger charge is -2.28. The van der Waals surface area contributed by atoms with E-state index in [2.05, 4.69) is 20.6 Å². The molecule has 15 heteroatoms. The van der Waals surface area contributed by atoms with Gasteiger partial charge in [-0.2, -0.15) is 0 Å². The number of hydrogen-bond acceptors (Lipinski definition) is 8. The van der Waals surface area contributed by atoms with Crippen LogP contribution in [0.3, 0.4) is 0 Å².